The number of carbonyl (C=O) groups is 1. The second-order valence-corrected chi connectivity index (χ2v) is 7.34. The number of aromatic nitrogens is 2. The zero-order valence-corrected chi connectivity index (χ0v) is 18.3. The molecule has 2 aromatic heterocycles. The molecule has 1 aliphatic heterocycles. The molecule has 0 aliphatic carbocycles. The lowest BCUT2D eigenvalue weighted by atomic mass is 10.2. The zero-order chi connectivity index (χ0) is 23.4. The SMILES string of the molecule is COc1cc(C(=O)N2CCN(c3cnc(N)cc3OC)CC2)ncc1Oc1ccc(F)cc1. The lowest BCUT2D eigenvalue weighted by Gasteiger charge is -2.36. The summed E-state index contributed by atoms with van der Waals surface area (Å²) in [5.41, 5.74) is 6.82. The van der Waals surface area contributed by atoms with Crippen LogP contribution in [0.25, 0.3) is 0 Å². The van der Waals surface area contributed by atoms with Crippen LogP contribution in [0.2, 0.25) is 0 Å². The number of halogens is 1. The molecule has 0 spiro atoms. The highest BCUT2D eigenvalue weighted by Crippen LogP contribution is 2.32. The van der Waals surface area contributed by atoms with Crippen LogP contribution in [-0.4, -0.2) is 61.2 Å². The van der Waals surface area contributed by atoms with Gasteiger partial charge in [-0.15, -0.1) is 0 Å². The van der Waals surface area contributed by atoms with Crippen LogP contribution in [0.1, 0.15) is 10.5 Å². The Balaban J connectivity index is 1.44. The van der Waals surface area contributed by atoms with E-state index in [-0.39, 0.29) is 17.4 Å². The molecule has 9 nitrogen and oxygen atoms in total. The first-order chi connectivity index (χ1) is 16.0. The fraction of sp³-hybridized carbons (Fsp3) is 0.261. The molecule has 3 heterocycles. The fourth-order valence-electron chi connectivity index (χ4n) is 3.57. The fourth-order valence-corrected chi connectivity index (χ4v) is 3.57. The van der Waals surface area contributed by atoms with Crippen molar-refractivity contribution in [1.82, 2.24) is 14.9 Å². The average molecular weight is 453 g/mol. The summed E-state index contributed by atoms with van der Waals surface area (Å²) >= 11 is 0. The molecule has 0 unspecified atom stereocenters. The molecule has 1 aromatic carbocycles. The number of rotatable bonds is 6. The molecule has 1 aliphatic rings. The molecule has 0 atom stereocenters. The van der Waals surface area contributed by atoms with Gasteiger partial charge in [0, 0.05) is 38.3 Å². The van der Waals surface area contributed by atoms with Gasteiger partial charge in [0.15, 0.2) is 11.5 Å². The van der Waals surface area contributed by atoms with Crippen LogP contribution < -0.4 is 24.8 Å². The van der Waals surface area contributed by atoms with Crippen molar-refractivity contribution in [2.45, 2.75) is 0 Å². The van der Waals surface area contributed by atoms with E-state index >= 15 is 0 Å². The van der Waals surface area contributed by atoms with E-state index in [1.54, 1.807) is 30.3 Å². The number of ether oxygens (including phenoxy) is 3. The van der Waals surface area contributed by atoms with Gasteiger partial charge in [0.2, 0.25) is 0 Å². The van der Waals surface area contributed by atoms with Crippen LogP contribution in [0.4, 0.5) is 15.9 Å². The first kappa shape index (κ1) is 22.1. The van der Waals surface area contributed by atoms with Gasteiger partial charge in [-0.2, -0.15) is 0 Å². The number of nitrogens with two attached hydrogens (primary N) is 1. The molecule has 4 rings (SSSR count). The Labute approximate surface area is 190 Å². The Hall–Kier alpha value is -4.08. The maximum atomic E-state index is 13.1. The van der Waals surface area contributed by atoms with Gasteiger partial charge in [0.1, 0.15) is 28.8 Å². The van der Waals surface area contributed by atoms with Crippen molar-refractivity contribution < 1.29 is 23.4 Å². The van der Waals surface area contributed by atoms with Gasteiger partial charge in [0.05, 0.1) is 32.3 Å². The third-order valence-electron chi connectivity index (χ3n) is 5.31. The van der Waals surface area contributed by atoms with E-state index in [0.29, 0.717) is 55.0 Å². The van der Waals surface area contributed by atoms with Crippen molar-refractivity contribution in [1.29, 1.82) is 0 Å². The van der Waals surface area contributed by atoms with E-state index in [1.807, 2.05) is 0 Å². The quantitative estimate of drug-likeness (QED) is 0.608. The largest absolute Gasteiger partial charge is 0.494 e. The maximum absolute atomic E-state index is 13.1. The standard InChI is InChI=1S/C23H24FN5O4/c1-31-19-12-22(25)27-13-18(19)28-7-9-29(10-8-28)23(30)17-11-20(32-2)21(14-26-17)33-16-5-3-15(24)4-6-16/h3-6,11-14H,7-10H2,1-2H3,(H2,25,27). The normalized spacial score (nSPS) is 13.5. The Morgan fingerprint density at radius 1 is 0.939 bits per heavy atom. The number of amides is 1. The summed E-state index contributed by atoms with van der Waals surface area (Å²) in [4.78, 5) is 25.3. The van der Waals surface area contributed by atoms with Gasteiger partial charge < -0.3 is 29.7 Å². The van der Waals surface area contributed by atoms with Gasteiger partial charge >= 0.3 is 0 Å². The van der Waals surface area contributed by atoms with Gasteiger partial charge in [-0.25, -0.2) is 14.4 Å². The molecule has 2 N–H and O–H groups in total. The number of nitrogens with zero attached hydrogens (tertiary/aromatic N) is 4. The number of nitrogen functional groups attached to an aromatic ring is 1. The van der Waals surface area contributed by atoms with Crippen LogP contribution in [0, 0.1) is 5.82 Å². The van der Waals surface area contributed by atoms with Crippen molar-refractivity contribution in [2.75, 3.05) is 51.0 Å². The highest BCUT2D eigenvalue weighted by atomic mass is 19.1. The number of carbonyl (C=O) groups excluding carboxylic acids is 1. The van der Waals surface area contributed by atoms with Gasteiger partial charge in [0.25, 0.3) is 5.91 Å². The molecule has 1 fully saturated rings. The second kappa shape index (κ2) is 9.60. The zero-order valence-electron chi connectivity index (χ0n) is 18.3. The van der Waals surface area contributed by atoms with Crippen molar-refractivity contribution in [3.63, 3.8) is 0 Å². The number of hydrogen-bond donors (Lipinski definition) is 1. The average Bonchev–Trinajstić information content (AvgIpc) is 2.85. The topological polar surface area (TPSA) is 103 Å². The van der Waals surface area contributed by atoms with E-state index in [4.69, 9.17) is 19.9 Å². The maximum Gasteiger partial charge on any atom is 0.272 e. The first-order valence-corrected chi connectivity index (χ1v) is 10.3. The van der Waals surface area contributed by atoms with Gasteiger partial charge in [-0.3, -0.25) is 4.79 Å². The number of anilines is 2. The van der Waals surface area contributed by atoms with Gasteiger partial charge in [-0.1, -0.05) is 0 Å². The minimum Gasteiger partial charge on any atom is -0.494 e. The summed E-state index contributed by atoms with van der Waals surface area (Å²) in [6, 6.07) is 8.81. The van der Waals surface area contributed by atoms with Crippen LogP contribution in [0.5, 0.6) is 23.0 Å². The molecule has 0 radical (unpaired) electrons. The smallest absolute Gasteiger partial charge is 0.272 e. The summed E-state index contributed by atoms with van der Waals surface area (Å²) in [7, 11) is 3.06. The van der Waals surface area contributed by atoms with E-state index in [0.717, 1.165) is 5.69 Å². The molecule has 3 aromatic rings. The van der Waals surface area contributed by atoms with E-state index < -0.39 is 0 Å². The molecule has 1 amide bonds. The molecule has 172 valence electrons. The monoisotopic (exact) mass is 453 g/mol. The Morgan fingerprint density at radius 2 is 1.64 bits per heavy atom. The first-order valence-electron chi connectivity index (χ1n) is 10.3. The third-order valence-corrected chi connectivity index (χ3v) is 5.31. The highest BCUT2D eigenvalue weighted by molar-refractivity contribution is 5.93. The van der Waals surface area contributed by atoms with Crippen molar-refractivity contribution >= 4 is 17.4 Å². The van der Waals surface area contributed by atoms with Crippen LogP contribution >= 0.6 is 0 Å². The summed E-state index contributed by atoms with van der Waals surface area (Å²) < 4.78 is 29.6. The van der Waals surface area contributed by atoms with E-state index in [2.05, 4.69) is 14.9 Å². The molecule has 0 saturated carbocycles. The minimum absolute atomic E-state index is 0.205. The van der Waals surface area contributed by atoms with Crippen molar-refractivity contribution in [2.24, 2.45) is 0 Å². The predicted molar refractivity (Wildman–Crippen MR) is 121 cm³/mol. The van der Waals surface area contributed by atoms with Crippen molar-refractivity contribution in [3.8, 4) is 23.0 Å². The second-order valence-electron chi connectivity index (χ2n) is 7.34. The third kappa shape index (κ3) is 4.89. The number of piperazine rings is 1. The molecule has 10 heteroatoms. The Bertz CT molecular complexity index is 1130. The van der Waals surface area contributed by atoms with Crippen LogP contribution in [-0.2, 0) is 0 Å². The lowest BCUT2D eigenvalue weighted by molar-refractivity contribution is 0.0740. The van der Waals surface area contributed by atoms with Crippen LogP contribution in [0.15, 0.2) is 48.8 Å². The number of hydrogen-bond acceptors (Lipinski definition) is 8. The van der Waals surface area contributed by atoms with E-state index in [1.165, 1.54) is 37.6 Å². The van der Waals surface area contributed by atoms with Crippen LogP contribution in [0.3, 0.4) is 0 Å². The Morgan fingerprint density at radius 3 is 2.30 bits per heavy atom. The predicted octanol–water partition coefficient (Wildman–Crippen LogP) is 2.97. The molecule has 33 heavy (non-hydrogen) atoms. The Kier molecular flexibility index (Phi) is 6.43. The molecular weight excluding hydrogens is 429 g/mol. The molecule has 0 bridgehead atoms. The van der Waals surface area contributed by atoms with Gasteiger partial charge in [-0.05, 0) is 24.3 Å². The lowest BCUT2D eigenvalue weighted by Crippen LogP contribution is -2.49. The molecular formula is C23H24FN5O4. The van der Waals surface area contributed by atoms with E-state index in [9.17, 15) is 9.18 Å². The summed E-state index contributed by atoms with van der Waals surface area (Å²) in [5.74, 6) is 1.58. The number of benzene rings is 1. The molecule has 1 saturated heterocycles. The number of pyridine rings is 2. The summed E-state index contributed by atoms with van der Waals surface area (Å²) in [6.45, 7) is 2.22. The minimum atomic E-state index is -0.361. The highest BCUT2D eigenvalue weighted by Gasteiger charge is 2.25. The summed E-state index contributed by atoms with van der Waals surface area (Å²) in [6.07, 6.45) is 3.11. The summed E-state index contributed by atoms with van der Waals surface area (Å²) in [5, 5.41) is 0. The van der Waals surface area contributed by atoms with Crippen molar-refractivity contribution in [3.05, 3.63) is 60.3 Å². The number of methoxy groups -OCH3 is 2.